The number of nitrogens with zero attached hydrogens (tertiary/aromatic N) is 1. The summed E-state index contributed by atoms with van der Waals surface area (Å²) in [6.07, 6.45) is 0. The molecule has 5 nitrogen and oxygen atoms in total. The van der Waals surface area contributed by atoms with Crippen LogP contribution in [-0.2, 0) is 0 Å². The molecule has 0 spiro atoms. The highest BCUT2D eigenvalue weighted by Crippen LogP contribution is 2.23. The summed E-state index contributed by atoms with van der Waals surface area (Å²) in [5, 5.41) is 9.17. The van der Waals surface area contributed by atoms with Gasteiger partial charge in [0.05, 0.1) is 11.3 Å². The number of hydrogen-bond acceptors (Lipinski definition) is 4. The second-order valence-electron chi connectivity index (χ2n) is 2.67. The summed E-state index contributed by atoms with van der Waals surface area (Å²) in [7, 11) is 0. The van der Waals surface area contributed by atoms with Gasteiger partial charge < -0.3 is 10.3 Å². The van der Waals surface area contributed by atoms with Crippen molar-refractivity contribution in [3.05, 3.63) is 16.5 Å². The summed E-state index contributed by atoms with van der Waals surface area (Å²) >= 11 is 5.03. The van der Waals surface area contributed by atoms with Crippen molar-refractivity contribution in [3.8, 4) is 11.3 Å². The van der Waals surface area contributed by atoms with Gasteiger partial charge in [0.1, 0.15) is 16.2 Å². The molecule has 2 heterocycles. The molecule has 6 heteroatoms. The quantitative estimate of drug-likeness (QED) is 0.605. The topological polar surface area (TPSA) is 83.6 Å². The lowest BCUT2D eigenvalue weighted by molar-refractivity contribution is 0.395. The highest BCUT2D eigenvalue weighted by molar-refractivity contribution is 7.71. The van der Waals surface area contributed by atoms with Gasteiger partial charge in [0.15, 0.2) is 0 Å². The van der Waals surface area contributed by atoms with Crippen LogP contribution < -0.4 is 5.73 Å². The van der Waals surface area contributed by atoms with E-state index in [1.165, 1.54) is 0 Å². The van der Waals surface area contributed by atoms with Gasteiger partial charge in [-0.25, -0.2) is 5.16 Å². The third-order valence-corrected chi connectivity index (χ3v) is 2.03. The molecular weight excluding hydrogens is 188 g/mol. The van der Waals surface area contributed by atoms with E-state index in [1.807, 2.05) is 6.92 Å². The van der Waals surface area contributed by atoms with Crippen LogP contribution in [0.15, 0.2) is 10.6 Å². The molecule has 0 atom stereocenters. The van der Waals surface area contributed by atoms with E-state index in [0.29, 0.717) is 16.2 Å². The summed E-state index contributed by atoms with van der Waals surface area (Å²) < 4.78 is 5.58. The van der Waals surface area contributed by atoms with Crippen molar-refractivity contribution in [1.82, 2.24) is 15.4 Å². The second-order valence-corrected chi connectivity index (χ2v) is 3.08. The smallest absolute Gasteiger partial charge is 0.147 e. The predicted molar refractivity (Wildman–Crippen MR) is 50.6 cm³/mol. The minimum atomic E-state index is 0.435. The Morgan fingerprint density at radius 1 is 1.62 bits per heavy atom. The van der Waals surface area contributed by atoms with Crippen LogP contribution in [0.3, 0.4) is 0 Å². The molecule has 0 bridgehead atoms. The third kappa shape index (κ3) is 1.25. The first kappa shape index (κ1) is 8.06. The average Bonchev–Trinajstić information content (AvgIpc) is 2.60. The van der Waals surface area contributed by atoms with Gasteiger partial charge in [-0.1, -0.05) is 12.2 Å². The molecule has 0 aliphatic carbocycles. The van der Waals surface area contributed by atoms with Crippen LogP contribution in [0.2, 0.25) is 0 Å². The number of rotatable bonds is 1. The summed E-state index contributed by atoms with van der Waals surface area (Å²) in [6.45, 7) is 1.82. The Morgan fingerprint density at radius 2 is 2.38 bits per heavy atom. The number of anilines is 1. The van der Waals surface area contributed by atoms with E-state index in [9.17, 15) is 0 Å². The molecule has 68 valence electrons. The first-order valence-corrected chi connectivity index (χ1v) is 4.08. The van der Waals surface area contributed by atoms with Gasteiger partial charge in [-0.05, 0) is 6.92 Å². The fourth-order valence-corrected chi connectivity index (χ4v) is 1.46. The standard InChI is InChI=1S/C7H8N4OS/c1-3-6(7(13)11-12-3)4-2-5(8)10-9-4/h2H,1H3,(H,11,13)(H3,8,9,10). The third-order valence-electron chi connectivity index (χ3n) is 1.74. The molecule has 0 aliphatic heterocycles. The predicted octanol–water partition coefficient (Wildman–Crippen LogP) is 1.62. The van der Waals surface area contributed by atoms with E-state index in [1.54, 1.807) is 6.07 Å². The monoisotopic (exact) mass is 196 g/mol. The van der Waals surface area contributed by atoms with E-state index in [4.69, 9.17) is 22.5 Å². The largest absolute Gasteiger partial charge is 0.385 e. The number of aryl methyl sites for hydroxylation is 1. The van der Waals surface area contributed by atoms with Crippen LogP contribution in [0, 0.1) is 11.6 Å². The highest BCUT2D eigenvalue weighted by Gasteiger charge is 2.10. The summed E-state index contributed by atoms with van der Waals surface area (Å²) in [5.74, 6) is 1.15. The van der Waals surface area contributed by atoms with Gasteiger partial charge in [0.2, 0.25) is 0 Å². The van der Waals surface area contributed by atoms with Crippen LogP contribution in [0.5, 0.6) is 0 Å². The zero-order chi connectivity index (χ0) is 9.42. The molecule has 4 N–H and O–H groups in total. The highest BCUT2D eigenvalue weighted by atomic mass is 32.1. The molecule has 0 fully saturated rings. The van der Waals surface area contributed by atoms with Gasteiger partial charge in [-0.3, -0.25) is 5.10 Å². The Hall–Kier alpha value is -1.56. The summed E-state index contributed by atoms with van der Waals surface area (Å²) in [5.41, 5.74) is 7.04. The fraction of sp³-hybridized carbons (Fsp3) is 0.143. The molecule has 0 aromatic carbocycles. The zero-order valence-electron chi connectivity index (χ0n) is 6.92. The Kier molecular flexibility index (Phi) is 1.70. The average molecular weight is 196 g/mol. The lowest BCUT2D eigenvalue weighted by Gasteiger charge is -1.89. The number of H-pyrrole nitrogens is 2. The zero-order valence-corrected chi connectivity index (χ0v) is 7.73. The number of nitrogens with one attached hydrogen (secondary N) is 2. The molecular formula is C7H8N4OS. The molecule has 0 saturated heterocycles. The Morgan fingerprint density at radius 3 is 2.85 bits per heavy atom. The number of aromatic nitrogens is 3. The summed E-state index contributed by atoms with van der Waals surface area (Å²) in [6, 6.07) is 1.71. The Labute approximate surface area is 78.9 Å². The number of hydrogen-bond donors (Lipinski definition) is 3. The van der Waals surface area contributed by atoms with E-state index in [0.717, 1.165) is 11.3 Å². The molecule has 0 unspecified atom stereocenters. The van der Waals surface area contributed by atoms with E-state index in [-0.39, 0.29) is 0 Å². The van der Waals surface area contributed by atoms with Gasteiger partial charge in [0, 0.05) is 6.07 Å². The molecule has 0 amide bonds. The van der Waals surface area contributed by atoms with Crippen LogP contribution in [0.1, 0.15) is 5.76 Å². The van der Waals surface area contributed by atoms with Crippen LogP contribution in [0.4, 0.5) is 5.82 Å². The van der Waals surface area contributed by atoms with Crippen LogP contribution in [0.25, 0.3) is 11.3 Å². The maximum atomic E-state index is 5.47. The minimum absolute atomic E-state index is 0.435. The number of nitrogens with two attached hydrogens (primary N) is 1. The second kappa shape index (κ2) is 2.74. The van der Waals surface area contributed by atoms with Crippen molar-refractivity contribution in [2.75, 3.05) is 5.73 Å². The Bertz CT molecular complexity index is 481. The molecule has 0 aliphatic rings. The van der Waals surface area contributed by atoms with E-state index < -0.39 is 0 Å². The van der Waals surface area contributed by atoms with Gasteiger partial charge >= 0.3 is 0 Å². The number of aromatic amines is 2. The Balaban J connectivity index is 2.64. The molecule has 13 heavy (non-hydrogen) atoms. The van der Waals surface area contributed by atoms with Crippen molar-refractivity contribution in [2.24, 2.45) is 0 Å². The normalized spacial score (nSPS) is 10.5. The lowest BCUT2D eigenvalue weighted by Crippen LogP contribution is -1.81. The lowest BCUT2D eigenvalue weighted by atomic mass is 10.2. The molecule has 2 aromatic heterocycles. The maximum absolute atomic E-state index is 5.47. The maximum Gasteiger partial charge on any atom is 0.147 e. The molecule has 0 saturated carbocycles. The van der Waals surface area contributed by atoms with Crippen molar-refractivity contribution < 1.29 is 4.52 Å². The molecule has 0 radical (unpaired) electrons. The van der Waals surface area contributed by atoms with Gasteiger partial charge in [0.25, 0.3) is 0 Å². The molecule has 2 aromatic rings. The number of nitrogen functional groups attached to an aromatic ring is 1. The summed E-state index contributed by atoms with van der Waals surface area (Å²) in [4.78, 5) is 0. The van der Waals surface area contributed by atoms with Gasteiger partial charge in [-0.2, -0.15) is 5.10 Å². The van der Waals surface area contributed by atoms with Crippen LogP contribution in [-0.4, -0.2) is 15.4 Å². The minimum Gasteiger partial charge on any atom is -0.385 e. The van der Waals surface area contributed by atoms with E-state index >= 15 is 0 Å². The van der Waals surface area contributed by atoms with Crippen molar-refractivity contribution in [3.63, 3.8) is 0 Å². The first-order valence-electron chi connectivity index (χ1n) is 3.68. The SMILES string of the molecule is Cc1o[nH]c(=S)c1-c1cc(N)n[nH]1. The van der Waals surface area contributed by atoms with Crippen molar-refractivity contribution in [2.45, 2.75) is 6.92 Å². The van der Waals surface area contributed by atoms with Gasteiger partial charge in [-0.15, -0.1) is 0 Å². The van der Waals surface area contributed by atoms with Crippen molar-refractivity contribution in [1.29, 1.82) is 0 Å². The molecule has 2 rings (SSSR count). The van der Waals surface area contributed by atoms with E-state index in [2.05, 4.69) is 15.4 Å². The first-order chi connectivity index (χ1) is 6.18. The van der Waals surface area contributed by atoms with Crippen LogP contribution >= 0.6 is 12.2 Å². The van der Waals surface area contributed by atoms with Crippen molar-refractivity contribution >= 4 is 18.0 Å². The fourth-order valence-electron chi connectivity index (χ4n) is 1.16.